The Morgan fingerprint density at radius 2 is 1.90 bits per heavy atom. The molecule has 0 saturated heterocycles. The van der Waals surface area contributed by atoms with Crippen LogP contribution in [0.5, 0.6) is 5.75 Å². The third kappa shape index (κ3) is 4.15. The van der Waals surface area contributed by atoms with E-state index in [1.165, 1.54) is 53.5 Å². The smallest absolute Gasteiger partial charge is 0.150 e. The topological polar surface area (TPSA) is 25.4 Å². The molecule has 0 atom stereocenters. The van der Waals surface area contributed by atoms with Gasteiger partial charge in [-0.1, -0.05) is 49.6 Å². The van der Waals surface area contributed by atoms with Gasteiger partial charge in [0.15, 0.2) is 5.75 Å². The summed E-state index contributed by atoms with van der Waals surface area (Å²) in [6.45, 7) is 1.78. The minimum absolute atomic E-state index is 0.686. The molecule has 2 aromatic carbocycles. The molecule has 1 aliphatic carbocycles. The summed E-state index contributed by atoms with van der Waals surface area (Å²) in [7, 11) is 0. The van der Waals surface area contributed by atoms with Crippen LogP contribution in [0.1, 0.15) is 43.2 Å². The van der Waals surface area contributed by atoms with Crippen molar-refractivity contribution in [3.63, 3.8) is 0 Å². The zero-order chi connectivity index (χ0) is 19.5. The van der Waals surface area contributed by atoms with Gasteiger partial charge < -0.3 is 4.74 Å². The maximum atomic E-state index is 6.40. The lowest BCUT2D eigenvalue weighted by Crippen LogP contribution is -2.39. The molecular weight excluding hydrogens is 376 g/mol. The van der Waals surface area contributed by atoms with Gasteiger partial charge in [-0.05, 0) is 48.6 Å². The molecule has 0 unspecified atom stereocenters. The van der Waals surface area contributed by atoms with Crippen LogP contribution in [0.4, 0.5) is 0 Å². The number of aromatic nitrogens is 1. The van der Waals surface area contributed by atoms with Crippen LogP contribution in [-0.4, -0.2) is 29.2 Å². The predicted octanol–water partition coefficient (Wildman–Crippen LogP) is 6.05. The van der Waals surface area contributed by atoms with E-state index in [0.29, 0.717) is 12.8 Å². The van der Waals surface area contributed by atoms with E-state index in [0.717, 1.165) is 30.0 Å². The number of benzene rings is 2. The zero-order valence-corrected chi connectivity index (χ0v) is 17.7. The van der Waals surface area contributed by atoms with Crippen molar-refractivity contribution in [2.24, 2.45) is 0 Å². The molecule has 2 heterocycles. The van der Waals surface area contributed by atoms with E-state index in [9.17, 15) is 0 Å². The first kappa shape index (κ1) is 19.0. The zero-order valence-electron chi connectivity index (χ0n) is 16.8. The molecule has 0 N–H and O–H groups in total. The number of nitrogens with zero attached hydrogens (tertiary/aromatic N) is 2. The first-order valence-corrected chi connectivity index (χ1v) is 11.8. The van der Waals surface area contributed by atoms with Crippen molar-refractivity contribution < 1.29 is 4.74 Å². The Morgan fingerprint density at radius 3 is 2.76 bits per heavy atom. The van der Waals surface area contributed by atoms with Crippen LogP contribution in [0.2, 0.25) is 0 Å². The van der Waals surface area contributed by atoms with Gasteiger partial charge in [0, 0.05) is 34.8 Å². The number of fused-ring (bicyclic) bond motifs is 3. The van der Waals surface area contributed by atoms with Gasteiger partial charge >= 0.3 is 0 Å². The molecule has 1 aliphatic heterocycles. The van der Waals surface area contributed by atoms with Crippen molar-refractivity contribution in [3.05, 3.63) is 65.9 Å². The van der Waals surface area contributed by atoms with Gasteiger partial charge in [0.1, 0.15) is 12.2 Å². The highest BCUT2D eigenvalue weighted by Gasteiger charge is 2.25. The van der Waals surface area contributed by atoms with Gasteiger partial charge in [-0.3, -0.25) is 9.88 Å². The van der Waals surface area contributed by atoms with Crippen LogP contribution in [-0.2, 0) is 12.2 Å². The second-order valence-corrected chi connectivity index (χ2v) is 9.20. The molecule has 2 aliphatic rings. The van der Waals surface area contributed by atoms with E-state index in [-0.39, 0.29) is 0 Å². The average Bonchev–Trinajstić information content (AvgIpc) is 3.01. The van der Waals surface area contributed by atoms with E-state index in [4.69, 9.17) is 9.72 Å². The van der Waals surface area contributed by atoms with Gasteiger partial charge in [0.25, 0.3) is 0 Å². The van der Waals surface area contributed by atoms with Crippen molar-refractivity contribution in [1.82, 2.24) is 9.88 Å². The third-order valence-electron chi connectivity index (χ3n) is 6.28. The number of pyridine rings is 1. The molecular formula is C25H28N2OS. The molecule has 1 aromatic heterocycles. The monoisotopic (exact) mass is 404 g/mol. The molecule has 150 valence electrons. The molecule has 4 heteroatoms. The fraction of sp³-hybridized carbons (Fsp3) is 0.400. The van der Waals surface area contributed by atoms with Gasteiger partial charge in [-0.2, -0.15) is 0 Å². The van der Waals surface area contributed by atoms with Gasteiger partial charge in [0.2, 0.25) is 0 Å². The summed E-state index contributed by atoms with van der Waals surface area (Å²) in [6.07, 6.45) is 9.68. The molecule has 5 rings (SSSR count). The highest BCUT2D eigenvalue weighted by atomic mass is 32.2. The quantitative estimate of drug-likeness (QED) is 0.494. The van der Waals surface area contributed by atoms with E-state index in [1.807, 2.05) is 24.0 Å². The molecule has 1 fully saturated rings. The van der Waals surface area contributed by atoms with Crippen molar-refractivity contribution in [2.45, 2.75) is 55.2 Å². The Morgan fingerprint density at radius 1 is 1.03 bits per heavy atom. The normalized spacial score (nSPS) is 18.2. The molecule has 0 radical (unpaired) electrons. The molecule has 3 aromatic rings. The number of ether oxygens (including phenoxy) is 1. The summed E-state index contributed by atoms with van der Waals surface area (Å²) in [5.41, 5.74) is 3.70. The second kappa shape index (κ2) is 8.76. The number of rotatable bonds is 4. The number of thioether (sulfide) groups is 1. The summed E-state index contributed by atoms with van der Waals surface area (Å²) in [5.74, 6) is 1.96. The highest BCUT2D eigenvalue weighted by Crippen LogP contribution is 2.36. The summed E-state index contributed by atoms with van der Waals surface area (Å²) >= 11 is 1.89. The van der Waals surface area contributed by atoms with E-state index >= 15 is 0 Å². The van der Waals surface area contributed by atoms with Crippen LogP contribution in [0, 0.1) is 0 Å². The first-order valence-electron chi connectivity index (χ1n) is 10.8. The van der Waals surface area contributed by atoms with Crippen LogP contribution < -0.4 is 4.74 Å². The lowest BCUT2D eigenvalue weighted by molar-refractivity contribution is 0.0751. The van der Waals surface area contributed by atoms with Crippen molar-refractivity contribution >= 4 is 22.7 Å². The van der Waals surface area contributed by atoms with Crippen molar-refractivity contribution in [2.75, 3.05) is 13.3 Å². The fourth-order valence-corrected chi connectivity index (χ4v) is 5.62. The van der Waals surface area contributed by atoms with Crippen molar-refractivity contribution in [3.8, 4) is 5.75 Å². The Labute approximate surface area is 177 Å². The molecule has 0 bridgehead atoms. The molecule has 1 saturated carbocycles. The Hall–Kier alpha value is -2.04. The van der Waals surface area contributed by atoms with Gasteiger partial charge in [-0.15, -0.1) is 11.8 Å². The molecule has 3 nitrogen and oxygen atoms in total. The van der Waals surface area contributed by atoms with Crippen LogP contribution in [0.25, 0.3) is 10.9 Å². The number of hydrogen-bond acceptors (Lipinski definition) is 4. The van der Waals surface area contributed by atoms with E-state index < -0.39 is 0 Å². The maximum absolute atomic E-state index is 6.40. The standard InChI is InChI=1S/C25H28N2OS/c1-3-8-21(9-4-1)27-15-13-19-16-20(17-29-22-10-5-2-6-11-22)23-12-7-14-26-24(23)25(19)28-18-27/h2,5-7,10-12,14,16,21H,1,3-4,8-9,13,15,17-18H2. The Balaban J connectivity index is 1.43. The summed E-state index contributed by atoms with van der Waals surface area (Å²) < 4.78 is 6.40. The summed E-state index contributed by atoms with van der Waals surface area (Å²) in [5, 5.41) is 1.22. The highest BCUT2D eigenvalue weighted by molar-refractivity contribution is 7.98. The van der Waals surface area contributed by atoms with Crippen molar-refractivity contribution in [1.29, 1.82) is 0 Å². The van der Waals surface area contributed by atoms with Crippen LogP contribution in [0.15, 0.2) is 59.6 Å². The number of hydrogen-bond donors (Lipinski definition) is 0. The van der Waals surface area contributed by atoms with Crippen LogP contribution >= 0.6 is 11.8 Å². The lowest BCUT2D eigenvalue weighted by atomic mass is 9.94. The van der Waals surface area contributed by atoms with E-state index in [2.05, 4.69) is 47.4 Å². The minimum Gasteiger partial charge on any atom is -0.476 e. The maximum Gasteiger partial charge on any atom is 0.150 e. The minimum atomic E-state index is 0.686. The largest absolute Gasteiger partial charge is 0.476 e. The van der Waals surface area contributed by atoms with Crippen LogP contribution in [0.3, 0.4) is 0 Å². The average molecular weight is 405 g/mol. The molecule has 0 amide bonds. The second-order valence-electron chi connectivity index (χ2n) is 8.15. The lowest BCUT2D eigenvalue weighted by Gasteiger charge is -2.32. The summed E-state index contributed by atoms with van der Waals surface area (Å²) in [6, 6.07) is 17.9. The predicted molar refractivity (Wildman–Crippen MR) is 121 cm³/mol. The first-order chi connectivity index (χ1) is 14.4. The summed E-state index contributed by atoms with van der Waals surface area (Å²) in [4.78, 5) is 8.60. The molecule has 29 heavy (non-hydrogen) atoms. The van der Waals surface area contributed by atoms with Gasteiger partial charge in [-0.25, -0.2) is 0 Å². The Bertz CT molecular complexity index is 969. The fourth-order valence-electron chi connectivity index (χ4n) is 4.71. The third-order valence-corrected chi connectivity index (χ3v) is 7.34. The van der Waals surface area contributed by atoms with Gasteiger partial charge in [0.05, 0.1) is 0 Å². The van der Waals surface area contributed by atoms with E-state index in [1.54, 1.807) is 0 Å². The Kier molecular flexibility index (Phi) is 5.73. The SMILES string of the molecule is c1ccc(SCc2cc3c(c4ncccc24)OCN(C2CCCCC2)CC3)cc1. The molecule has 0 spiro atoms.